The Morgan fingerprint density at radius 1 is 1.25 bits per heavy atom. The zero-order valence-corrected chi connectivity index (χ0v) is 14.0. The Balaban J connectivity index is 2.46. The van der Waals surface area contributed by atoms with Crippen LogP contribution in [0.25, 0.3) is 0 Å². The van der Waals surface area contributed by atoms with Gasteiger partial charge in [-0.15, -0.1) is 0 Å². The summed E-state index contributed by atoms with van der Waals surface area (Å²) in [5, 5.41) is 0.681. The lowest BCUT2D eigenvalue weighted by Crippen LogP contribution is -2.43. The van der Waals surface area contributed by atoms with E-state index in [1.807, 2.05) is 6.92 Å². The number of sulfonamides is 1. The van der Waals surface area contributed by atoms with Crippen molar-refractivity contribution in [3.63, 3.8) is 0 Å². The summed E-state index contributed by atoms with van der Waals surface area (Å²) in [7, 11) is -3.55. The Labute approximate surface area is 130 Å². The molecule has 1 saturated heterocycles. The van der Waals surface area contributed by atoms with E-state index >= 15 is 0 Å². The van der Waals surface area contributed by atoms with Crippen LogP contribution in [0.3, 0.4) is 0 Å². The fraction of sp³-hybridized carbons (Fsp3) is 0.571. The van der Waals surface area contributed by atoms with Gasteiger partial charge in [-0.05, 0) is 43.9 Å². The Morgan fingerprint density at radius 3 is 2.60 bits per heavy atom. The van der Waals surface area contributed by atoms with Crippen molar-refractivity contribution in [2.75, 3.05) is 6.54 Å². The second-order valence-corrected chi connectivity index (χ2v) is 7.88. The molecule has 0 N–H and O–H groups in total. The number of hydrogen-bond acceptors (Lipinski definition) is 2. The van der Waals surface area contributed by atoms with E-state index in [9.17, 15) is 8.42 Å². The van der Waals surface area contributed by atoms with Crippen molar-refractivity contribution in [3.05, 3.63) is 27.7 Å². The molecular weight excluding hydrogens is 317 g/mol. The van der Waals surface area contributed by atoms with E-state index < -0.39 is 10.0 Å². The van der Waals surface area contributed by atoms with E-state index in [0.29, 0.717) is 11.6 Å². The monoisotopic (exact) mass is 335 g/mol. The summed E-state index contributed by atoms with van der Waals surface area (Å²) in [6.07, 6.45) is 3.72. The smallest absolute Gasteiger partial charge is 0.207 e. The number of hydrogen-bond donors (Lipinski definition) is 0. The summed E-state index contributed by atoms with van der Waals surface area (Å²) in [6, 6.07) is 3.15. The summed E-state index contributed by atoms with van der Waals surface area (Å²) in [6.45, 7) is 4.37. The van der Waals surface area contributed by atoms with Crippen molar-refractivity contribution in [2.45, 2.75) is 50.5 Å². The van der Waals surface area contributed by atoms with E-state index in [4.69, 9.17) is 23.2 Å². The Hall–Kier alpha value is -0.290. The molecule has 0 bridgehead atoms. The van der Waals surface area contributed by atoms with E-state index in [1.54, 1.807) is 17.3 Å². The first kappa shape index (κ1) is 16.1. The first-order valence-corrected chi connectivity index (χ1v) is 9.05. The van der Waals surface area contributed by atoms with Gasteiger partial charge in [0, 0.05) is 17.6 Å². The minimum absolute atomic E-state index is 0.0702. The Kier molecular flexibility index (Phi) is 5.00. The lowest BCUT2D eigenvalue weighted by atomic mass is 10.0. The first-order valence-electron chi connectivity index (χ1n) is 6.85. The van der Waals surface area contributed by atoms with Gasteiger partial charge in [-0.3, -0.25) is 0 Å². The minimum Gasteiger partial charge on any atom is -0.207 e. The predicted octanol–water partition coefficient (Wildman–Crippen LogP) is 4.26. The average Bonchev–Trinajstić information content (AvgIpc) is 2.42. The number of piperidine rings is 1. The molecule has 1 aliphatic rings. The molecular formula is C14H19Cl2NO2S. The molecule has 0 aromatic heterocycles. The topological polar surface area (TPSA) is 37.4 Å². The molecule has 1 atom stereocenters. The molecule has 2 rings (SSSR count). The molecule has 1 fully saturated rings. The molecule has 0 spiro atoms. The minimum atomic E-state index is -3.55. The lowest BCUT2D eigenvalue weighted by molar-refractivity contribution is 0.246. The van der Waals surface area contributed by atoms with E-state index in [0.717, 1.165) is 31.2 Å². The van der Waals surface area contributed by atoms with Crippen molar-refractivity contribution >= 4 is 33.2 Å². The fourth-order valence-electron chi connectivity index (χ4n) is 2.65. The number of aryl methyl sites for hydroxylation is 1. The van der Waals surface area contributed by atoms with Gasteiger partial charge in [-0.25, -0.2) is 8.42 Å². The van der Waals surface area contributed by atoms with E-state index in [1.165, 1.54) is 6.07 Å². The molecule has 0 unspecified atom stereocenters. The van der Waals surface area contributed by atoms with Crippen molar-refractivity contribution in [1.29, 1.82) is 0 Å². The molecule has 3 nitrogen and oxygen atoms in total. The molecule has 1 aromatic rings. The van der Waals surface area contributed by atoms with Crippen LogP contribution >= 0.6 is 23.2 Å². The van der Waals surface area contributed by atoms with Crippen LogP contribution in [0.5, 0.6) is 0 Å². The first-order chi connectivity index (χ1) is 9.37. The third kappa shape index (κ3) is 2.98. The van der Waals surface area contributed by atoms with Crippen molar-refractivity contribution in [3.8, 4) is 0 Å². The van der Waals surface area contributed by atoms with E-state index in [-0.39, 0.29) is 16.0 Å². The number of rotatable bonds is 3. The van der Waals surface area contributed by atoms with Gasteiger partial charge >= 0.3 is 0 Å². The van der Waals surface area contributed by atoms with Crippen LogP contribution in [-0.2, 0) is 10.0 Å². The highest BCUT2D eigenvalue weighted by atomic mass is 35.5. The Bertz CT molecular complexity index is 601. The van der Waals surface area contributed by atoms with Gasteiger partial charge in [0.2, 0.25) is 10.0 Å². The normalized spacial score (nSPS) is 21.1. The van der Waals surface area contributed by atoms with Crippen LogP contribution in [-0.4, -0.2) is 25.3 Å². The van der Waals surface area contributed by atoms with Gasteiger partial charge in [-0.2, -0.15) is 4.31 Å². The summed E-state index contributed by atoms with van der Waals surface area (Å²) < 4.78 is 27.3. The quantitative estimate of drug-likeness (QED) is 0.827. The largest absolute Gasteiger partial charge is 0.244 e. The molecule has 0 aliphatic carbocycles. The number of nitrogens with zero attached hydrogens (tertiary/aromatic N) is 1. The van der Waals surface area contributed by atoms with Crippen LogP contribution in [0.2, 0.25) is 10.0 Å². The molecule has 0 saturated carbocycles. The van der Waals surface area contributed by atoms with Gasteiger partial charge in [-0.1, -0.05) is 36.5 Å². The van der Waals surface area contributed by atoms with Gasteiger partial charge in [0.25, 0.3) is 0 Å². The predicted molar refractivity (Wildman–Crippen MR) is 83.0 cm³/mol. The van der Waals surface area contributed by atoms with Crippen molar-refractivity contribution < 1.29 is 8.42 Å². The molecule has 1 aromatic carbocycles. The highest BCUT2D eigenvalue weighted by Gasteiger charge is 2.33. The van der Waals surface area contributed by atoms with Crippen molar-refractivity contribution in [1.82, 2.24) is 4.31 Å². The van der Waals surface area contributed by atoms with Gasteiger partial charge < -0.3 is 0 Å². The fourth-order valence-corrected chi connectivity index (χ4v) is 5.23. The standard InChI is InChI=1S/C14H19Cl2NO2S/c1-3-11-6-4-5-7-17(11)20(18,19)14-8-10(2)12(15)9-13(14)16/h8-9,11H,3-7H2,1-2H3/t11-/m0/s1. The van der Waals surface area contributed by atoms with Crippen LogP contribution in [0.1, 0.15) is 38.2 Å². The molecule has 0 amide bonds. The SMILES string of the molecule is CC[C@H]1CCCCN1S(=O)(=O)c1cc(C)c(Cl)cc1Cl. The highest BCUT2D eigenvalue weighted by molar-refractivity contribution is 7.89. The van der Waals surface area contributed by atoms with Crippen LogP contribution in [0, 0.1) is 6.92 Å². The Morgan fingerprint density at radius 2 is 1.95 bits per heavy atom. The van der Waals surface area contributed by atoms with Crippen LogP contribution in [0.4, 0.5) is 0 Å². The van der Waals surface area contributed by atoms with Gasteiger partial charge in [0.1, 0.15) is 4.90 Å². The molecule has 6 heteroatoms. The second kappa shape index (κ2) is 6.22. The van der Waals surface area contributed by atoms with Crippen molar-refractivity contribution in [2.24, 2.45) is 0 Å². The van der Waals surface area contributed by atoms with Gasteiger partial charge in [0.15, 0.2) is 0 Å². The molecule has 1 heterocycles. The van der Waals surface area contributed by atoms with E-state index in [2.05, 4.69) is 0 Å². The zero-order valence-electron chi connectivity index (χ0n) is 11.7. The third-order valence-electron chi connectivity index (χ3n) is 3.84. The summed E-state index contributed by atoms with van der Waals surface area (Å²) in [5.41, 5.74) is 0.722. The molecule has 1 aliphatic heterocycles. The summed E-state index contributed by atoms with van der Waals surface area (Å²) >= 11 is 12.1. The third-order valence-corrected chi connectivity index (χ3v) is 6.67. The summed E-state index contributed by atoms with van der Waals surface area (Å²) in [5.74, 6) is 0. The molecule has 20 heavy (non-hydrogen) atoms. The summed E-state index contributed by atoms with van der Waals surface area (Å²) in [4.78, 5) is 0.168. The second-order valence-electron chi connectivity index (χ2n) is 5.21. The molecule has 0 radical (unpaired) electrons. The average molecular weight is 336 g/mol. The maximum absolute atomic E-state index is 12.8. The van der Waals surface area contributed by atoms with Gasteiger partial charge in [0.05, 0.1) is 5.02 Å². The number of halogens is 2. The lowest BCUT2D eigenvalue weighted by Gasteiger charge is -2.34. The zero-order chi connectivity index (χ0) is 14.9. The maximum atomic E-state index is 12.8. The van der Waals surface area contributed by atoms with Crippen LogP contribution < -0.4 is 0 Å². The van der Waals surface area contributed by atoms with Crippen LogP contribution in [0.15, 0.2) is 17.0 Å². The highest BCUT2D eigenvalue weighted by Crippen LogP contribution is 2.33. The maximum Gasteiger partial charge on any atom is 0.244 e. The number of benzene rings is 1. The molecule has 112 valence electrons.